The third-order valence-corrected chi connectivity index (χ3v) is 11.5. The second-order valence-electron chi connectivity index (χ2n) is 16.1. The fourth-order valence-corrected chi connectivity index (χ4v) is 7.94. The first-order chi connectivity index (χ1) is 25.8. The van der Waals surface area contributed by atoms with Gasteiger partial charge in [0, 0.05) is 0 Å². The molecule has 0 unspecified atom stereocenters. The molecule has 4 heteroatoms. The Morgan fingerprint density at radius 2 is 1.16 bits per heavy atom. The van der Waals surface area contributed by atoms with Crippen molar-refractivity contribution in [2.45, 2.75) is 65.7 Å². The molecule has 56 heavy (non-hydrogen) atoms. The molecular formula is C52H49Cl3Zr-2. The smallest absolute Gasteiger partial charge is 0.172 e. The van der Waals surface area contributed by atoms with Crippen molar-refractivity contribution in [3.05, 3.63) is 208 Å². The molecule has 7 aromatic carbocycles. The first kappa shape index (κ1) is 45.0. The van der Waals surface area contributed by atoms with E-state index in [2.05, 4.69) is 164 Å². The van der Waals surface area contributed by atoms with E-state index >= 15 is 0 Å². The minimum atomic E-state index is 0. The number of halogens is 3. The number of rotatable bonds is 4. The maximum absolute atomic E-state index is 6.00. The predicted molar refractivity (Wildman–Crippen MR) is 230 cm³/mol. The quantitative estimate of drug-likeness (QED) is 0.157. The Labute approximate surface area is 367 Å². The summed E-state index contributed by atoms with van der Waals surface area (Å²) in [7, 11) is 0. The van der Waals surface area contributed by atoms with Crippen LogP contribution in [0.2, 0.25) is 5.02 Å². The Balaban J connectivity index is 0.000000252. The maximum atomic E-state index is 6.00. The molecule has 0 nitrogen and oxygen atoms in total. The van der Waals surface area contributed by atoms with Crippen molar-refractivity contribution in [3.63, 3.8) is 0 Å². The van der Waals surface area contributed by atoms with Gasteiger partial charge in [-0.2, -0.15) is 18.2 Å². The Hall–Kier alpha value is -3.71. The summed E-state index contributed by atoms with van der Waals surface area (Å²) in [5, 5.41) is 0.796. The van der Waals surface area contributed by atoms with Crippen LogP contribution in [0.15, 0.2) is 158 Å². The van der Waals surface area contributed by atoms with Gasteiger partial charge in [-0.15, -0.1) is 28.8 Å². The van der Waals surface area contributed by atoms with Crippen molar-refractivity contribution in [1.29, 1.82) is 0 Å². The normalized spacial score (nSPS) is 11.3. The zero-order chi connectivity index (χ0) is 38.5. The summed E-state index contributed by atoms with van der Waals surface area (Å²) in [6.45, 7) is 16.0. The summed E-state index contributed by atoms with van der Waals surface area (Å²) in [6, 6.07) is 59.5. The fraction of sp³-hybridized carbons (Fsp3) is 0.192. The summed E-state index contributed by atoms with van der Waals surface area (Å²) in [5.74, 6) is 0. The monoisotopic (exact) mass is 868 g/mol. The molecule has 8 rings (SSSR count). The van der Waals surface area contributed by atoms with Crippen molar-refractivity contribution in [1.82, 2.24) is 0 Å². The molecule has 7 aromatic rings. The van der Waals surface area contributed by atoms with Crippen LogP contribution in [0, 0.1) is 13.0 Å². The molecule has 0 atom stereocenters. The van der Waals surface area contributed by atoms with E-state index in [4.69, 9.17) is 11.6 Å². The second kappa shape index (κ2) is 19.6. The van der Waals surface area contributed by atoms with Crippen LogP contribution < -0.4 is 24.8 Å². The molecule has 0 saturated heterocycles. The molecule has 0 heterocycles. The van der Waals surface area contributed by atoms with Crippen molar-refractivity contribution < 1.29 is 49.0 Å². The molecule has 284 valence electrons. The minimum Gasteiger partial charge on any atom is -1.00 e. The van der Waals surface area contributed by atoms with Gasteiger partial charge in [-0.3, -0.25) is 0 Å². The van der Waals surface area contributed by atoms with Gasteiger partial charge in [-0.25, -0.2) is 12.1 Å². The third kappa shape index (κ3) is 11.0. The molecule has 0 aromatic heterocycles. The van der Waals surface area contributed by atoms with Gasteiger partial charge >= 0.3 is 116 Å². The molecule has 1 aliphatic carbocycles. The topological polar surface area (TPSA) is 0 Å². The van der Waals surface area contributed by atoms with E-state index in [1.54, 1.807) is 0 Å². The first-order valence-electron chi connectivity index (χ1n) is 18.8. The summed E-state index contributed by atoms with van der Waals surface area (Å²) in [6.07, 6.45) is 0.944. The number of fused-ring (bicyclic) bond motifs is 3. The van der Waals surface area contributed by atoms with Gasteiger partial charge in [0.15, 0.2) is 0 Å². The third-order valence-electron chi connectivity index (χ3n) is 9.83. The largest absolute Gasteiger partial charge is 1.00 e. The molecule has 0 radical (unpaired) electrons. The Bertz CT molecular complexity index is 2200. The molecule has 0 amide bonds. The van der Waals surface area contributed by atoms with Gasteiger partial charge in [-0.1, -0.05) is 131 Å². The van der Waals surface area contributed by atoms with Crippen LogP contribution in [0.1, 0.15) is 80.5 Å². The first-order valence-corrected chi connectivity index (χ1v) is 20.4. The molecular weight excluding hydrogens is 822 g/mol. The van der Waals surface area contributed by atoms with Crippen LogP contribution in [0.5, 0.6) is 0 Å². The van der Waals surface area contributed by atoms with E-state index in [1.165, 1.54) is 99.8 Å². The number of hydrogen-bond acceptors (Lipinski definition) is 0. The Morgan fingerprint density at radius 3 is 1.70 bits per heavy atom. The standard InChI is InChI=1S/C33H33.C14H11Cl.C5H5.2ClH.Zr/c1-32(2,3)30-20-26-24(18-28(30)22-13-9-7-10-14-22)17-25-19-29(23-15-11-8-12-16-23)31(21-27(25)26)33(4,5)6;1-11-5-7-12(8-6-11)9-13-3-2-4-14(15)10-13;1-2-4-5-3-1;;;/h7-16,18,20-21H,17H2,1-6H3;2-8,10H,1H3;1-5H;2*1H;/q-1;;-1;;;+2/p-2. The van der Waals surface area contributed by atoms with E-state index < -0.39 is 0 Å². The van der Waals surface area contributed by atoms with E-state index in [9.17, 15) is 0 Å². The van der Waals surface area contributed by atoms with Gasteiger partial charge in [0.25, 0.3) is 0 Å². The predicted octanol–water partition coefficient (Wildman–Crippen LogP) is 8.16. The Morgan fingerprint density at radius 1 is 0.589 bits per heavy atom. The Kier molecular flexibility index (Phi) is 15.8. The summed E-state index contributed by atoms with van der Waals surface area (Å²) in [4.78, 5) is 0. The van der Waals surface area contributed by atoms with Gasteiger partial charge in [0.1, 0.15) is 0 Å². The summed E-state index contributed by atoms with van der Waals surface area (Å²) in [5.41, 5.74) is 17.3. The summed E-state index contributed by atoms with van der Waals surface area (Å²) >= 11 is 7.40. The van der Waals surface area contributed by atoms with Crippen LogP contribution in [0.25, 0.3) is 33.4 Å². The van der Waals surface area contributed by atoms with Crippen molar-refractivity contribution in [2.75, 3.05) is 0 Å². The molecule has 1 aliphatic rings. The summed E-state index contributed by atoms with van der Waals surface area (Å²) < 4.78 is 1.34. The zero-order valence-corrected chi connectivity index (χ0v) is 38.1. The van der Waals surface area contributed by atoms with Crippen LogP contribution in [-0.2, 0) is 41.5 Å². The minimum absolute atomic E-state index is 0. The molecule has 0 saturated carbocycles. The van der Waals surface area contributed by atoms with Crippen LogP contribution in [-0.4, -0.2) is 3.21 Å². The zero-order valence-electron chi connectivity index (χ0n) is 33.4. The van der Waals surface area contributed by atoms with E-state index in [-0.39, 0.29) is 35.6 Å². The van der Waals surface area contributed by atoms with E-state index in [1.807, 2.05) is 48.5 Å². The molecule has 0 spiro atoms. The average molecular weight is 872 g/mol. The van der Waals surface area contributed by atoms with Gasteiger partial charge in [0.05, 0.1) is 0 Å². The van der Waals surface area contributed by atoms with Crippen molar-refractivity contribution in [2.24, 2.45) is 0 Å². The van der Waals surface area contributed by atoms with E-state index in [0.29, 0.717) is 0 Å². The van der Waals surface area contributed by atoms with Gasteiger partial charge in [0.2, 0.25) is 0 Å². The SMILES string of the molecule is CC(C)(C)c1cc2c([c-]c1-c1ccccc1)Cc1cc(-c3ccccc3)c(C(C)(C)C)cc1-2.Cc1ccc([C](=[Zr+2])c2cccc(Cl)c2)cc1.[Cl-].[Cl-].c1cc[cH-]c1. The van der Waals surface area contributed by atoms with Crippen LogP contribution in [0.4, 0.5) is 0 Å². The number of benzene rings is 6. The van der Waals surface area contributed by atoms with Crippen LogP contribution in [0.3, 0.4) is 0 Å². The van der Waals surface area contributed by atoms with Crippen molar-refractivity contribution in [3.8, 4) is 33.4 Å². The molecule has 0 aliphatic heterocycles. The molecule has 0 N–H and O–H groups in total. The average Bonchev–Trinajstić information content (AvgIpc) is 3.86. The number of aryl methyl sites for hydroxylation is 1. The number of hydrogen-bond donors (Lipinski definition) is 0. The molecule has 0 fully saturated rings. The van der Waals surface area contributed by atoms with Gasteiger partial charge < -0.3 is 24.8 Å². The van der Waals surface area contributed by atoms with Crippen LogP contribution >= 0.6 is 11.6 Å². The fourth-order valence-electron chi connectivity index (χ4n) is 6.95. The van der Waals surface area contributed by atoms with E-state index in [0.717, 1.165) is 11.4 Å². The van der Waals surface area contributed by atoms with Crippen molar-refractivity contribution >= 4 is 14.8 Å². The van der Waals surface area contributed by atoms with Gasteiger partial charge in [-0.05, 0) is 39.5 Å². The molecule has 0 bridgehead atoms. The maximum Gasteiger partial charge on any atom is -0.172 e. The second-order valence-corrected chi connectivity index (χ2v) is 17.8.